The minimum atomic E-state index is -4.73. The van der Waals surface area contributed by atoms with E-state index >= 15 is 0 Å². The number of hydrogen-bond acceptors (Lipinski definition) is 4. The molecule has 1 aliphatic heterocycles. The molecule has 21 heavy (non-hydrogen) atoms. The first-order chi connectivity index (χ1) is 9.67. The standard InChI is InChI=1S/C14H18F3NO3/c1-13(20)6-7-18(9-12(13)19)8-10-4-2-3-5-11(10)21-14(15,16)17/h2-5,12,19-20H,6-9H2,1H3/t12-,13-/m0/s1. The van der Waals surface area contributed by atoms with Crippen molar-refractivity contribution in [2.45, 2.75) is 38.0 Å². The Morgan fingerprint density at radius 3 is 2.67 bits per heavy atom. The average molecular weight is 305 g/mol. The normalized spacial score (nSPS) is 27.6. The van der Waals surface area contributed by atoms with E-state index in [1.165, 1.54) is 12.1 Å². The largest absolute Gasteiger partial charge is 0.573 e. The highest BCUT2D eigenvalue weighted by Crippen LogP contribution is 2.29. The number of para-hydroxylation sites is 1. The first kappa shape index (κ1) is 16.1. The van der Waals surface area contributed by atoms with E-state index in [9.17, 15) is 23.4 Å². The van der Waals surface area contributed by atoms with Gasteiger partial charge in [0.15, 0.2) is 0 Å². The number of ether oxygens (including phenoxy) is 1. The smallest absolute Gasteiger partial charge is 0.405 e. The van der Waals surface area contributed by atoms with Gasteiger partial charge in [-0.15, -0.1) is 13.2 Å². The highest BCUT2D eigenvalue weighted by Gasteiger charge is 2.37. The predicted molar refractivity (Wildman–Crippen MR) is 69.6 cm³/mol. The average Bonchev–Trinajstić information content (AvgIpc) is 2.35. The van der Waals surface area contributed by atoms with Crippen molar-refractivity contribution in [2.75, 3.05) is 13.1 Å². The van der Waals surface area contributed by atoms with E-state index in [4.69, 9.17) is 0 Å². The van der Waals surface area contributed by atoms with Gasteiger partial charge in [-0.25, -0.2) is 0 Å². The van der Waals surface area contributed by atoms with Crippen molar-refractivity contribution in [1.29, 1.82) is 0 Å². The lowest BCUT2D eigenvalue weighted by Crippen LogP contribution is -2.53. The van der Waals surface area contributed by atoms with Crippen molar-refractivity contribution in [3.63, 3.8) is 0 Å². The number of β-amino-alcohol motifs (C(OH)–C–C–N with tert-alkyl or cyclic N) is 1. The molecule has 0 unspecified atom stereocenters. The van der Waals surface area contributed by atoms with E-state index in [1.54, 1.807) is 24.0 Å². The Balaban J connectivity index is 2.07. The van der Waals surface area contributed by atoms with Crippen LogP contribution in [0.3, 0.4) is 0 Å². The quantitative estimate of drug-likeness (QED) is 0.895. The first-order valence-electron chi connectivity index (χ1n) is 6.64. The van der Waals surface area contributed by atoms with Gasteiger partial charge in [-0.1, -0.05) is 18.2 Å². The number of hydrogen-bond donors (Lipinski definition) is 2. The van der Waals surface area contributed by atoms with E-state index in [0.717, 1.165) is 0 Å². The number of rotatable bonds is 3. The van der Waals surface area contributed by atoms with E-state index in [-0.39, 0.29) is 18.8 Å². The molecule has 1 heterocycles. The van der Waals surface area contributed by atoms with Gasteiger partial charge in [0, 0.05) is 25.2 Å². The minimum absolute atomic E-state index is 0.202. The summed E-state index contributed by atoms with van der Waals surface area (Å²) in [5.74, 6) is -0.239. The summed E-state index contributed by atoms with van der Waals surface area (Å²) in [5, 5.41) is 19.7. The van der Waals surface area contributed by atoms with Crippen molar-refractivity contribution < 1.29 is 28.1 Å². The van der Waals surface area contributed by atoms with Crippen molar-refractivity contribution in [2.24, 2.45) is 0 Å². The fourth-order valence-corrected chi connectivity index (χ4v) is 2.33. The van der Waals surface area contributed by atoms with E-state index < -0.39 is 18.1 Å². The van der Waals surface area contributed by atoms with Crippen LogP contribution in [0.2, 0.25) is 0 Å². The molecule has 2 rings (SSSR count). The summed E-state index contributed by atoms with van der Waals surface area (Å²) >= 11 is 0. The molecular weight excluding hydrogens is 287 g/mol. The number of alkyl halides is 3. The Morgan fingerprint density at radius 2 is 2.05 bits per heavy atom. The maximum Gasteiger partial charge on any atom is 0.573 e. The third kappa shape index (κ3) is 4.33. The molecule has 2 atom stereocenters. The molecule has 2 N–H and O–H groups in total. The van der Waals surface area contributed by atoms with Crippen molar-refractivity contribution in [3.05, 3.63) is 29.8 Å². The number of halogens is 3. The topological polar surface area (TPSA) is 52.9 Å². The summed E-state index contributed by atoms with van der Waals surface area (Å²) in [6.07, 6.45) is -5.31. The number of piperidine rings is 1. The molecule has 0 saturated carbocycles. The van der Waals surface area contributed by atoms with Crippen LogP contribution in [0, 0.1) is 0 Å². The van der Waals surface area contributed by atoms with Crippen molar-refractivity contribution in [1.82, 2.24) is 4.90 Å². The van der Waals surface area contributed by atoms with Crippen LogP contribution in [-0.4, -0.2) is 46.3 Å². The summed E-state index contributed by atoms with van der Waals surface area (Å²) in [6, 6.07) is 5.93. The molecule has 1 aromatic carbocycles. The molecule has 1 saturated heterocycles. The van der Waals surface area contributed by atoms with Crippen LogP contribution >= 0.6 is 0 Å². The first-order valence-corrected chi connectivity index (χ1v) is 6.64. The zero-order chi connectivity index (χ0) is 15.7. The van der Waals surface area contributed by atoms with Gasteiger partial charge in [-0.2, -0.15) is 0 Å². The molecular formula is C14H18F3NO3. The van der Waals surface area contributed by atoms with Gasteiger partial charge in [0.25, 0.3) is 0 Å². The SMILES string of the molecule is C[C@]1(O)CCN(Cc2ccccc2OC(F)(F)F)C[C@@H]1O. The third-order valence-corrected chi connectivity index (χ3v) is 3.68. The van der Waals surface area contributed by atoms with E-state index in [0.29, 0.717) is 18.5 Å². The molecule has 4 nitrogen and oxygen atoms in total. The Labute approximate surface area is 120 Å². The number of benzene rings is 1. The maximum atomic E-state index is 12.4. The fraction of sp³-hybridized carbons (Fsp3) is 0.571. The van der Waals surface area contributed by atoms with Crippen LogP contribution < -0.4 is 4.74 Å². The second-order valence-electron chi connectivity index (χ2n) is 5.51. The minimum Gasteiger partial charge on any atom is -0.405 e. The molecule has 1 aromatic rings. The zero-order valence-electron chi connectivity index (χ0n) is 11.6. The Bertz CT molecular complexity index is 491. The number of likely N-dealkylation sites (tertiary alicyclic amines) is 1. The van der Waals surface area contributed by atoms with Crippen LogP contribution in [-0.2, 0) is 6.54 Å². The third-order valence-electron chi connectivity index (χ3n) is 3.68. The molecule has 7 heteroatoms. The summed E-state index contributed by atoms with van der Waals surface area (Å²) in [7, 11) is 0. The Hall–Kier alpha value is -1.31. The van der Waals surface area contributed by atoms with Crippen molar-refractivity contribution in [3.8, 4) is 5.75 Å². The van der Waals surface area contributed by atoms with Gasteiger partial charge in [-0.3, -0.25) is 4.90 Å². The van der Waals surface area contributed by atoms with Crippen LogP contribution in [0.5, 0.6) is 5.75 Å². The fourth-order valence-electron chi connectivity index (χ4n) is 2.33. The maximum absolute atomic E-state index is 12.4. The van der Waals surface area contributed by atoms with Crippen LogP contribution in [0.15, 0.2) is 24.3 Å². The lowest BCUT2D eigenvalue weighted by Gasteiger charge is -2.40. The zero-order valence-corrected chi connectivity index (χ0v) is 11.6. The molecule has 0 spiro atoms. The molecule has 0 aliphatic carbocycles. The van der Waals surface area contributed by atoms with Gasteiger partial charge in [-0.05, 0) is 19.4 Å². The molecule has 0 aromatic heterocycles. The summed E-state index contributed by atoms with van der Waals surface area (Å²) in [6.45, 7) is 2.47. The van der Waals surface area contributed by atoms with Gasteiger partial charge in [0.05, 0.1) is 11.7 Å². The molecule has 1 aliphatic rings. The molecule has 1 fully saturated rings. The monoisotopic (exact) mass is 305 g/mol. The number of aliphatic hydroxyl groups is 2. The van der Waals surface area contributed by atoms with Crippen LogP contribution in [0.25, 0.3) is 0 Å². The summed E-state index contributed by atoms with van der Waals surface area (Å²) < 4.78 is 41.1. The predicted octanol–water partition coefficient (Wildman–Crippen LogP) is 1.90. The Kier molecular flexibility index (Phi) is 4.46. The lowest BCUT2D eigenvalue weighted by atomic mass is 9.90. The molecule has 118 valence electrons. The second kappa shape index (κ2) is 5.82. The Morgan fingerprint density at radius 1 is 1.38 bits per heavy atom. The summed E-state index contributed by atoms with van der Waals surface area (Å²) in [4.78, 5) is 1.79. The lowest BCUT2D eigenvalue weighted by molar-refractivity contribution is -0.275. The highest BCUT2D eigenvalue weighted by atomic mass is 19.4. The number of nitrogens with zero attached hydrogens (tertiary/aromatic N) is 1. The van der Waals surface area contributed by atoms with Crippen molar-refractivity contribution >= 4 is 0 Å². The van der Waals surface area contributed by atoms with E-state index in [2.05, 4.69) is 4.74 Å². The van der Waals surface area contributed by atoms with Crippen LogP contribution in [0.1, 0.15) is 18.9 Å². The van der Waals surface area contributed by atoms with Gasteiger partial charge >= 0.3 is 6.36 Å². The van der Waals surface area contributed by atoms with E-state index in [1.807, 2.05) is 0 Å². The van der Waals surface area contributed by atoms with Crippen LogP contribution in [0.4, 0.5) is 13.2 Å². The molecule has 0 amide bonds. The second-order valence-corrected chi connectivity index (χ2v) is 5.51. The molecule has 0 radical (unpaired) electrons. The van der Waals surface area contributed by atoms with Gasteiger partial charge < -0.3 is 14.9 Å². The number of aliphatic hydroxyl groups excluding tert-OH is 1. The molecule has 0 bridgehead atoms. The van der Waals surface area contributed by atoms with Gasteiger partial charge in [0.2, 0.25) is 0 Å². The van der Waals surface area contributed by atoms with Gasteiger partial charge in [0.1, 0.15) is 5.75 Å². The summed E-state index contributed by atoms with van der Waals surface area (Å²) in [5.41, 5.74) is -0.762. The highest BCUT2D eigenvalue weighted by molar-refractivity contribution is 5.33.